The van der Waals surface area contributed by atoms with Crippen molar-refractivity contribution in [3.63, 3.8) is 0 Å². The van der Waals surface area contributed by atoms with Crippen molar-refractivity contribution < 1.29 is 0 Å². The first-order valence-corrected chi connectivity index (χ1v) is 5.49. The van der Waals surface area contributed by atoms with Gasteiger partial charge in [0.25, 0.3) is 0 Å². The Kier molecular flexibility index (Phi) is 2.23. The predicted octanol–water partition coefficient (Wildman–Crippen LogP) is 2.63. The van der Waals surface area contributed by atoms with Gasteiger partial charge in [0.05, 0.1) is 0 Å². The number of halogens is 1. The largest absolute Gasteiger partial charge is 0.384 e. The first-order valence-electron chi connectivity index (χ1n) is 5.11. The molecule has 0 aliphatic rings. The summed E-state index contributed by atoms with van der Waals surface area (Å²) in [7, 11) is 0. The van der Waals surface area contributed by atoms with Gasteiger partial charge in [0.15, 0.2) is 11.5 Å². The van der Waals surface area contributed by atoms with Crippen molar-refractivity contribution in [1.29, 1.82) is 0 Å². The number of fused-ring (bicyclic) bond motifs is 1. The zero-order valence-electron chi connectivity index (χ0n) is 8.84. The highest BCUT2D eigenvalue weighted by Gasteiger charge is 2.07. The summed E-state index contributed by atoms with van der Waals surface area (Å²) in [6.07, 6.45) is 0. The molecule has 3 rings (SSSR count). The lowest BCUT2D eigenvalue weighted by atomic mass is 10.2. The van der Waals surface area contributed by atoms with Crippen molar-refractivity contribution in [3.8, 4) is 11.4 Å². The van der Waals surface area contributed by atoms with Crippen LogP contribution in [0.1, 0.15) is 0 Å². The van der Waals surface area contributed by atoms with Crippen LogP contribution in [-0.2, 0) is 0 Å². The summed E-state index contributed by atoms with van der Waals surface area (Å²) in [5.41, 5.74) is 7.41. The molecule has 0 aliphatic carbocycles. The van der Waals surface area contributed by atoms with Gasteiger partial charge in [0.1, 0.15) is 5.82 Å². The van der Waals surface area contributed by atoms with Gasteiger partial charge < -0.3 is 5.73 Å². The van der Waals surface area contributed by atoms with Gasteiger partial charge in [-0.1, -0.05) is 29.8 Å². The van der Waals surface area contributed by atoms with Crippen molar-refractivity contribution in [1.82, 2.24) is 14.6 Å². The fourth-order valence-electron chi connectivity index (χ4n) is 1.68. The van der Waals surface area contributed by atoms with Crippen LogP contribution in [0, 0.1) is 0 Å². The van der Waals surface area contributed by atoms with Gasteiger partial charge in [-0.25, -0.2) is 4.98 Å². The van der Waals surface area contributed by atoms with E-state index in [4.69, 9.17) is 17.3 Å². The molecule has 2 aromatic heterocycles. The first kappa shape index (κ1) is 10.1. The number of nitrogens with two attached hydrogens (primary N) is 1. The number of hydrogen-bond donors (Lipinski definition) is 1. The van der Waals surface area contributed by atoms with Gasteiger partial charge in [-0.3, -0.25) is 0 Å². The van der Waals surface area contributed by atoms with Crippen LogP contribution in [0.5, 0.6) is 0 Å². The monoisotopic (exact) mass is 244 g/mol. The Morgan fingerprint density at radius 1 is 1.12 bits per heavy atom. The summed E-state index contributed by atoms with van der Waals surface area (Å²) in [6.45, 7) is 0. The molecule has 2 heterocycles. The zero-order chi connectivity index (χ0) is 11.8. The molecule has 0 amide bonds. The maximum absolute atomic E-state index is 5.94. The number of nitrogen functional groups attached to an aromatic ring is 1. The number of aromatic nitrogens is 3. The second kappa shape index (κ2) is 3.75. The van der Waals surface area contributed by atoms with E-state index in [1.165, 1.54) is 0 Å². The van der Waals surface area contributed by atoms with E-state index in [9.17, 15) is 0 Å². The molecule has 0 spiro atoms. The molecular weight excluding hydrogens is 236 g/mol. The lowest BCUT2D eigenvalue weighted by Gasteiger charge is -1.95. The second-order valence-electron chi connectivity index (χ2n) is 3.67. The average molecular weight is 245 g/mol. The maximum Gasteiger partial charge on any atom is 0.182 e. The normalized spacial score (nSPS) is 10.9. The molecule has 0 saturated heterocycles. The molecule has 5 heteroatoms. The molecule has 0 aliphatic heterocycles. The molecule has 0 bridgehead atoms. The molecule has 0 radical (unpaired) electrons. The minimum absolute atomic E-state index is 0.559. The van der Waals surface area contributed by atoms with E-state index in [2.05, 4.69) is 10.1 Å². The van der Waals surface area contributed by atoms with Crippen molar-refractivity contribution >= 4 is 23.1 Å². The highest BCUT2D eigenvalue weighted by molar-refractivity contribution is 6.30. The number of benzene rings is 1. The van der Waals surface area contributed by atoms with Crippen LogP contribution >= 0.6 is 11.6 Å². The Bertz CT molecular complexity index is 690. The maximum atomic E-state index is 5.94. The Labute approximate surface area is 103 Å². The van der Waals surface area contributed by atoms with Crippen LogP contribution in [0.25, 0.3) is 17.0 Å². The summed E-state index contributed by atoms with van der Waals surface area (Å²) in [5.74, 6) is 1.17. The lowest BCUT2D eigenvalue weighted by Crippen LogP contribution is -1.97. The Morgan fingerprint density at radius 3 is 2.71 bits per heavy atom. The highest BCUT2D eigenvalue weighted by Crippen LogP contribution is 2.20. The van der Waals surface area contributed by atoms with Gasteiger partial charge in [-0.15, -0.1) is 5.10 Å². The van der Waals surface area contributed by atoms with Crippen LogP contribution < -0.4 is 5.73 Å². The standard InChI is InChI=1S/C12H9ClN4/c13-9-4-1-3-8(7-9)12-15-11-6-2-5-10(14)17(11)16-12/h1-7H,14H2. The molecule has 17 heavy (non-hydrogen) atoms. The minimum atomic E-state index is 0.559. The van der Waals surface area contributed by atoms with E-state index in [1.54, 1.807) is 10.6 Å². The fourth-order valence-corrected chi connectivity index (χ4v) is 1.87. The Morgan fingerprint density at radius 2 is 1.94 bits per heavy atom. The number of anilines is 1. The summed E-state index contributed by atoms with van der Waals surface area (Å²) in [5, 5.41) is 5.01. The van der Waals surface area contributed by atoms with Crippen molar-refractivity contribution in [2.75, 3.05) is 5.73 Å². The molecular formula is C12H9ClN4. The number of nitrogens with zero attached hydrogens (tertiary/aromatic N) is 3. The second-order valence-corrected chi connectivity index (χ2v) is 4.10. The number of hydrogen-bond acceptors (Lipinski definition) is 3. The SMILES string of the molecule is Nc1cccc2nc(-c3cccc(Cl)c3)nn12. The molecule has 1 aromatic carbocycles. The third-order valence-electron chi connectivity index (χ3n) is 2.47. The first-order chi connectivity index (χ1) is 8.24. The van der Waals surface area contributed by atoms with Gasteiger partial charge in [-0.05, 0) is 24.3 Å². The molecule has 84 valence electrons. The molecule has 2 N–H and O–H groups in total. The quantitative estimate of drug-likeness (QED) is 0.716. The Hall–Kier alpha value is -2.07. The Balaban J connectivity index is 2.22. The number of rotatable bonds is 1. The molecule has 0 atom stereocenters. The average Bonchev–Trinajstić information content (AvgIpc) is 2.74. The highest BCUT2D eigenvalue weighted by atomic mass is 35.5. The number of pyridine rings is 1. The molecule has 0 unspecified atom stereocenters. The van der Waals surface area contributed by atoms with Gasteiger partial charge in [-0.2, -0.15) is 4.52 Å². The molecule has 4 nitrogen and oxygen atoms in total. The summed E-state index contributed by atoms with van der Waals surface area (Å²) < 4.78 is 1.61. The molecule has 0 saturated carbocycles. The zero-order valence-corrected chi connectivity index (χ0v) is 9.59. The van der Waals surface area contributed by atoms with Gasteiger partial charge in [0, 0.05) is 10.6 Å². The molecule has 0 fully saturated rings. The van der Waals surface area contributed by atoms with E-state index in [0.29, 0.717) is 16.7 Å². The van der Waals surface area contributed by atoms with Gasteiger partial charge >= 0.3 is 0 Å². The van der Waals surface area contributed by atoms with E-state index in [1.807, 2.05) is 36.4 Å². The van der Waals surface area contributed by atoms with E-state index in [-0.39, 0.29) is 0 Å². The van der Waals surface area contributed by atoms with Crippen molar-refractivity contribution in [3.05, 3.63) is 47.5 Å². The van der Waals surface area contributed by atoms with E-state index in [0.717, 1.165) is 11.2 Å². The predicted molar refractivity (Wildman–Crippen MR) is 67.8 cm³/mol. The van der Waals surface area contributed by atoms with Crippen LogP contribution in [0.3, 0.4) is 0 Å². The van der Waals surface area contributed by atoms with Crippen LogP contribution in [0.2, 0.25) is 5.02 Å². The summed E-state index contributed by atoms with van der Waals surface area (Å²) in [4.78, 5) is 4.40. The topological polar surface area (TPSA) is 56.2 Å². The van der Waals surface area contributed by atoms with Crippen molar-refractivity contribution in [2.24, 2.45) is 0 Å². The van der Waals surface area contributed by atoms with Crippen LogP contribution in [0.15, 0.2) is 42.5 Å². The van der Waals surface area contributed by atoms with Crippen LogP contribution in [0.4, 0.5) is 5.82 Å². The summed E-state index contributed by atoms with van der Waals surface area (Å²) in [6, 6.07) is 12.9. The smallest absolute Gasteiger partial charge is 0.182 e. The van der Waals surface area contributed by atoms with Crippen molar-refractivity contribution in [2.45, 2.75) is 0 Å². The van der Waals surface area contributed by atoms with Gasteiger partial charge in [0.2, 0.25) is 0 Å². The van der Waals surface area contributed by atoms with E-state index < -0.39 is 0 Å². The van der Waals surface area contributed by atoms with E-state index >= 15 is 0 Å². The summed E-state index contributed by atoms with van der Waals surface area (Å²) >= 11 is 5.94. The lowest BCUT2D eigenvalue weighted by molar-refractivity contribution is 0.978. The fraction of sp³-hybridized carbons (Fsp3) is 0. The minimum Gasteiger partial charge on any atom is -0.384 e. The molecule has 3 aromatic rings. The third kappa shape index (κ3) is 1.72. The third-order valence-corrected chi connectivity index (χ3v) is 2.71. The van der Waals surface area contributed by atoms with Crippen LogP contribution in [-0.4, -0.2) is 14.6 Å².